The molecule has 0 saturated carbocycles. The first kappa shape index (κ1) is 21.6. The maximum atomic E-state index is 12.7. The Hall–Kier alpha value is -3.14. The van der Waals surface area contributed by atoms with Crippen molar-refractivity contribution in [1.82, 2.24) is 10.2 Å². The average Bonchev–Trinajstić information content (AvgIpc) is 2.96. The van der Waals surface area contributed by atoms with Crippen LogP contribution < -0.4 is 5.32 Å². The fourth-order valence-electron chi connectivity index (χ4n) is 3.53. The molecule has 2 aliphatic rings. The number of ether oxygens (including phenoxy) is 1. The van der Waals surface area contributed by atoms with E-state index in [1.165, 1.54) is 4.90 Å². The number of carbonyl (C=O) groups excluding carboxylic acids is 4. The zero-order valence-corrected chi connectivity index (χ0v) is 17.5. The number of hydrogen-bond donors (Lipinski definition) is 1. The molecule has 1 aromatic carbocycles. The second-order valence-corrected chi connectivity index (χ2v) is 8.51. The summed E-state index contributed by atoms with van der Waals surface area (Å²) >= 11 is 0. The molecule has 0 bridgehead atoms. The third-order valence-corrected chi connectivity index (χ3v) is 4.86. The number of piperidine rings is 1. The Kier molecular flexibility index (Phi) is 6.25. The second kappa shape index (κ2) is 8.70. The predicted molar refractivity (Wildman–Crippen MR) is 109 cm³/mol. The summed E-state index contributed by atoms with van der Waals surface area (Å²) in [4.78, 5) is 49.3. The summed E-state index contributed by atoms with van der Waals surface area (Å²) in [5.74, 6) is 4.97. The minimum Gasteiger partial charge on any atom is -0.460 e. The SMILES string of the molecule is CC(C)(C)OC(=O)CCCC#Cc1ccc2c(c1)CN(C1CCC(=O)NC1=O)C2=O. The highest BCUT2D eigenvalue weighted by Crippen LogP contribution is 2.28. The Morgan fingerprint density at radius 2 is 2.03 bits per heavy atom. The van der Waals surface area contributed by atoms with Crippen molar-refractivity contribution in [1.29, 1.82) is 0 Å². The molecule has 3 rings (SSSR count). The van der Waals surface area contributed by atoms with Gasteiger partial charge in [0.2, 0.25) is 11.8 Å². The third kappa shape index (κ3) is 5.26. The molecule has 0 spiro atoms. The van der Waals surface area contributed by atoms with Crippen LogP contribution in [0.2, 0.25) is 0 Å². The van der Waals surface area contributed by atoms with E-state index in [9.17, 15) is 19.2 Å². The highest BCUT2D eigenvalue weighted by molar-refractivity contribution is 6.05. The van der Waals surface area contributed by atoms with Crippen molar-refractivity contribution in [3.05, 3.63) is 34.9 Å². The van der Waals surface area contributed by atoms with Crippen molar-refractivity contribution >= 4 is 23.7 Å². The number of unbranched alkanes of at least 4 members (excludes halogenated alkanes) is 1. The van der Waals surface area contributed by atoms with Crippen molar-refractivity contribution in [2.24, 2.45) is 0 Å². The van der Waals surface area contributed by atoms with Gasteiger partial charge in [-0.15, -0.1) is 0 Å². The Bertz CT molecular complexity index is 949. The number of imide groups is 1. The molecule has 1 unspecified atom stereocenters. The first-order valence-electron chi connectivity index (χ1n) is 10.1. The molecular weight excluding hydrogens is 384 g/mol. The lowest BCUT2D eigenvalue weighted by molar-refractivity contribution is -0.154. The van der Waals surface area contributed by atoms with E-state index >= 15 is 0 Å². The van der Waals surface area contributed by atoms with Crippen LogP contribution in [0.4, 0.5) is 0 Å². The van der Waals surface area contributed by atoms with Gasteiger partial charge in [-0.3, -0.25) is 24.5 Å². The van der Waals surface area contributed by atoms with E-state index in [0.717, 1.165) is 11.1 Å². The van der Waals surface area contributed by atoms with Crippen LogP contribution in [0, 0.1) is 11.8 Å². The minimum absolute atomic E-state index is 0.198. The van der Waals surface area contributed by atoms with Crippen molar-refractivity contribution < 1.29 is 23.9 Å². The van der Waals surface area contributed by atoms with E-state index < -0.39 is 17.6 Å². The van der Waals surface area contributed by atoms with Crippen LogP contribution in [0.5, 0.6) is 0 Å². The largest absolute Gasteiger partial charge is 0.460 e. The number of fused-ring (bicyclic) bond motifs is 1. The van der Waals surface area contributed by atoms with E-state index in [0.29, 0.717) is 37.8 Å². The van der Waals surface area contributed by atoms with Crippen LogP contribution in [-0.2, 0) is 25.7 Å². The van der Waals surface area contributed by atoms with E-state index in [4.69, 9.17) is 4.74 Å². The van der Waals surface area contributed by atoms with Crippen LogP contribution in [0.3, 0.4) is 0 Å². The lowest BCUT2D eigenvalue weighted by Gasteiger charge is -2.29. The van der Waals surface area contributed by atoms with E-state index in [1.807, 2.05) is 26.8 Å². The topological polar surface area (TPSA) is 92.8 Å². The molecule has 1 fully saturated rings. The van der Waals surface area contributed by atoms with Crippen molar-refractivity contribution in [3.8, 4) is 11.8 Å². The van der Waals surface area contributed by atoms with Crippen molar-refractivity contribution in [3.63, 3.8) is 0 Å². The fraction of sp³-hybridized carbons (Fsp3) is 0.478. The van der Waals surface area contributed by atoms with Crippen LogP contribution in [0.15, 0.2) is 18.2 Å². The summed E-state index contributed by atoms with van der Waals surface area (Å²) in [5.41, 5.74) is 1.69. The van der Waals surface area contributed by atoms with Crippen LogP contribution in [0.1, 0.15) is 74.4 Å². The van der Waals surface area contributed by atoms with Gasteiger partial charge in [-0.05, 0) is 57.4 Å². The van der Waals surface area contributed by atoms with E-state index in [-0.39, 0.29) is 24.2 Å². The molecule has 158 valence electrons. The highest BCUT2D eigenvalue weighted by atomic mass is 16.6. The molecule has 0 aromatic heterocycles. The lowest BCUT2D eigenvalue weighted by Crippen LogP contribution is -2.52. The fourth-order valence-corrected chi connectivity index (χ4v) is 3.53. The van der Waals surface area contributed by atoms with Gasteiger partial charge in [0.15, 0.2) is 0 Å². The summed E-state index contributed by atoms with van der Waals surface area (Å²) in [6.45, 7) is 5.84. The van der Waals surface area contributed by atoms with Gasteiger partial charge >= 0.3 is 5.97 Å². The monoisotopic (exact) mass is 410 g/mol. The number of esters is 1. The number of benzene rings is 1. The highest BCUT2D eigenvalue weighted by Gasteiger charge is 2.38. The zero-order valence-electron chi connectivity index (χ0n) is 17.5. The van der Waals surface area contributed by atoms with Gasteiger partial charge in [0, 0.05) is 36.9 Å². The van der Waals surface area contributed by atoms with Gasteiger partial charge in [-0.25, -0.2) is 0 Å². The predicted octanol–water partition coefficient (Wildman–Crippen LogP) is 2.31. The maximum Gasteiger partial charge on any atom is 0.306 e. The number of rotatable bonds is 4. The summed E-state index contributed by atoms with van der Waals surface area (Å²) in [6.07, 6.45) is 2.09. The van der Waals surface area contributed by atoms with Crippen LogP contribution >= 0.6 is 0 Å². The first-order chi connectivity index (χ1) is 14.1. The first-order valence-corrected chi connectivity index (χ1v) is 10.1. The minimum atomic E-state index is -0.620. The van der Waals surface area contributed by atoms with Gasteiger partial charge in [-0.1, -0.05) is 11.8 Å². The van der Waals surface area contributed by atoms with Gasteiger partial charge < -0.3 is 9.64 Å². The van der Waals surface area contributed by atoms with Gasteiger partial charge in [0.05, 0.1) is 0 Å². The molecule has 30 heavy (non-hydrogen) atoms. The molecule has 1 saturated heterocycles. The lowest BCUT2D eigenvalue weighted by atomic mass is 10.0. The smallest absolute Gasteiger partial charge is 0.306 e. The van der Waals surface area contributed by atoms with Crippen molar-refractivity contribution in [2.45, 2.75) is 71.1 Å². The standard InChI is InChI=1S/C23H26N2O5/c1-23(2,3)30-20(27)8-6-4-5-7-15-9-10-17-16(13-15)14-25(22(17)29)18-11-12-19(26)24-21(18)28/h9-10,13,18H,4,6,8,11-12,14H2,1-3H3,(H,24,26,28). The average molecular weight is 410 g/mol. The third-order valence-electron chi connectivity index (χ3n) is 4.86. The van der Waals surface area contributed by atoms with Gasteiger partial charge in [-0.2, -0.15) is 0 Å². The Morgan fingerprint density at radius 1 is 1.27 bits per heavy atom. The molecule has 2 aliphatic heterocycles. The molecule has 3 amide bonds. The summed E-state index contributed by atoms with van der Waals surface area (Å²) < 4.78 is 5.27. The normalized spacial score (nSPS) is 18.4. The van der Waals surface area contributed by atoms with E-state index in [1.54, 1.807) is 12.1 Å². The molecular formula is C23H26N2O5. The molecule has 0 radical (unpaired) electrons. The molecule has 2 heterocycles. The molecule has 1 aromatic rings. The summed E-state index contributed by atoms with van der Waals surface area (Å²) in [7, 11) is 0. The van der Waals surface area contributed by atoms with Crippen LogP contribution in [-0.4, -0.2) is 40.2 Å². The Labute approximate surface area is 176 Å². The molecule has 7 heteroatoms. The number of amides is 3. The quantitative estimate of drug-likeness (QED) is 0.356. The maximum absolute atomic E-state index is 12.7. The van der Waals surface area contributed by atoms with Crippen molar-refractivity contribution in [2.75, 3.05) is 0 Å². The molecule has 1 atom stereocenters. The Balaban J connectivity index is 1.57. The zero-order chi connectivity index (χ0) is 21.9. The van der Waals surface area contributed by atoms with E-state index in [2.05, 4.69) is 17.2 Å². The molecule has 1 N–H and O–H groups in total. The summed E-state index contributed by atoms with van der Waals surface area (Å²) in [5, 5.41) is 2.30. The Morgan fingerprint density at radius 3 is 2.73 bits per heavy atom. The summed E-state index contributed by atoms with van der Waals surface area (Å²) in [6, 6.07) is 4.75. The second-order valence-electron chi connectivity index (χ2n) is 8.51. The van der Waals surface area contributed by atoms with Crippen LogP contribution in [0.25, 0.3) is 0 Å². The van der Waals surface area contributed by atoms with Gasteiger partial charge in [0.25, 0.3) is 5.91 Å². The molecule has 7 nitrogen and oxygen atoms in total. The number of carbonyl (C=O) groups is 4. The number of nitrogens with one attached hydrogen (secondary N) is 1. The number of nitrogens with zero attached hydrogens (tertiary/aromatic N) is 1. The molecule has 0 aliphatic carbocycles. The van der Waals surface area contributed by atoms with Gasteiger partial charge in [0.1, 0.15) is 11.6 Å². The number of hydrogen-bond acceptors (Lipinski definition) is 5.